The Morgan fingerprint density at radius 1 is 0.553 bits per heavy atom. The van der Waals surface area contributed by atoms with Gasteiger partial charge in [-0.2, -0.15) is 0 Å². The molecule has 0 aromatic carbocycles. The summed E-state index contributed by atoms with van der Waals surface area (Å²) in [6.07, 6.45) is 25.0. The van der Waals surface area contributed by atoms with Crippen LogP contribution in [0, 0.1) is 0 Å². The third-order valence-electron chi connectivity index (χ3n) is 7.45. The summed E-state index contributed by atoms with van der Waals surface area (Å²) in [6.45, 7) is 5.01. The molecule has 38 heavy (non-hydrogen) atoms. The number of quaternary nitrogens is 1. The van der Waals surface area contributed by atoms with E-state index in [4.69, 9.17) is 10.2 Å². The maximum absolute atomic E-state index is 11.0. The van der Waals surface area contributed by atoms with Crippen molar-refractivity contribution in [2.45, 2.75) is 142 Å². The van der Waals surface area contributed by atoms with E-state index in [1.807, 2.05) is 0 Å². The van der Waals surface area contributed by atoms with Gasteiger partial charge in [0, 0.05) is 25.2 Å². The fourth-order valence-electron chi connectivity index (χ4n) is 5.23. The van der Waals surface area contributed by atoms with Crippen molar-refractivity contribution >= 4 is 17.9 Å². The van der Waals surface area contributed by atoms with Gasteiger partial charge >= 0.3 is 11.9 Å². The van der Waals surface area contributed by atoms with Crippen LogP contribution in [-0.2, 0) is 14.4 Å². The summed E-state index contributed by atoms with van der Waals surface area (Å²) < 4.78 is 0.612. The molecule has 2 N–H and O–H groups in total. The molecule has 0 fully saturated rings. The average molecular weight is 540 g/mol. The van der Waals surface area contributed by atoms with Crippen molar-refractivity contribution in [2.24, 2.45) is 0 Å². The lowest BCUT2D eigenvalue weighted by Crippen LogP contribution is -2.51. The third kappa shape index (κ3) is 24.4. The molecule has 7 heteroatoms. The van der Waals surface area contributed by atoms with Gasteiger partial charge in [0.2, 0.25) is 0 Å². The molecule has 0 heterocycles. The summed E-state index contributed by atoms with van der Waals surface area (Å²) in [5, 5.41) is 29.1. The van der Waals surface area contributed by atoms with Crippen LogP contribution in [0.4, 0.5) is 0 Å². The van der Waals surface area contributed by atoms with Crippen LogP contribution in [0.1, 0.15) is 142 Å². The number of carbonyl (C=O) groups is 3. The lowest BCUT2D eigenvalue weighted by atomic mass is 10.0. The van der Waals surface area contributed by atoms with Gasteiger partial charge in [0.15, 0.2) is 0 Å². The Morgan fingerprint density at radius 2 is 0.921 bits per heavy atom. The van der Waals surface area contributed by atoms with Crippen LogP contribution >= 0.6 is 0 Å². The van der Waals surface area contributed by atoms with E-state index in [0.717, 1.165) is 19.4 Å². The summed E-state index contributed by atoms with van der Waals surface area (Å²) in [6, 6.07) is 0. The molecule has 222 valence electrons. The number of aliphatic carboxylic acids is 3. The number of unbranched alkanes of at least 4 members (excludes halogenated alkanes) is 13. The van der Waals surface area contributed by atoms with E-state index in [1.54, 1.807) is 0 Å². The normalized spacial score (nSPS) is 11.8. The first-order chi connectivity index (χ1) is 18.3. The van der Waals surface area contributed by atoms with E-state index in [-0.39, 0.29) is 19.3 Å². The highest BCUT2D eigenvalue weighted by atomic mass is 16.4. The highest BCUT2D eigenvalue weighted by Crippen LogP contribution is 2.18. The first-order valence-electron chi connectivity index (χ1n) is 15.4. The summed E-state index contributed by atoms with van der Waals surface area (Å²) in [4.78, 5) is 33.0. The Labute approximate surface area is 232 Å². The monoisotopic (exact) mass is 539 g/mol. The Bertz CT molecular complexity index is 584. The Balaban J connectivity index is 4.23. The number of hydrogen-bond acceptors (Lipinski definition) is 4. The van der Waals surface area contributed by atoms with Crippen LogP contribution in [0.2, 0.25) is 0 Å². The molecule has 0 saturated heterocycles. The summed E-state index contributed by atoms with van der Waals surface area (Å²) in [5.41, 5.74) is 0. The van der Waals surface area contributed by atoms with E-state index in [9.17, 15) is 19.5 Å². The molecule has 0 amide bonds. The Kier molecular flexibility index (Phi) is 24.1. The van der Waals surface area contributed by atoms with E-state index >= 15 is 0 Å². The summed E-state index contributed by atoms with van der Waals surface area (Å²) in [5.74, 6) is -2.75. The van der Waals surface area contributed by atoms with Gasteiger partial charge in [-0.3, -0.25) is 9.59 Å². The first-order valence-corrected chi connectivity index (χ1v) is 15.4. The van der Waals surface area contributed by atoms with Gasteiger partial charge in [0.1, 0.15) is 0 Å². The van der Waals surface area contributed by atoms with Gasteiger partial charge in [-0.1, -0.05) is 76.9 Å². The van der Waals surface area contributed by atoms with E-state index in [1.165, 1.54) is 83.5 Å². The number of hydrogen-bond donors (Lipinski definition) is 2. The molecule has 0 radical (unpaired) electrons. The van der Waals surface area contributed by atoms with Gasteiger partial charge in [0.25, 0.3) is 0 Å². The minimum atomic E-state index is -1.08. The van der Waals surface area contributed by atoms with Crippen LogP contribution in [0.5, 0.6) is 0 Å². The molecule has 0 aromatic heterocycles. The van der Waals surface area contributed by atoms with Crippen molar-refractivity contribution in [1.29, 1.82) is 0 Å². The number of carboxylic acid groups (broad SMARTS) is 3. The van der Waals surface area contributed by atoms with Crippen molar-refractivity contribution in [1.82, 2.24) is 0 Å². The van der Waals surface area contributed by atoms with Gasteiger partial charge in [0.05, 0.1) is 39.0 Å². The molecule has 0 bridgehead atoms. The van der Waals surface area contributed by atoms with E-state index < -0.39 is 17.9 Å². The highest BCUT2D eigenvalue weighted by Gasteiger charge is 2.26. The number of carbonyl (C=O) groups excluding carboxylic acids is 1. The van der Waals surface area contributed by atoms with Crippen LogP contribution in [-0.4, -0.2) is 58.8 Å². The zero-order valence-corrected chi connectivity index (χ0v) is 24.3. The number of rotatable bonds is 29. The maximum Gasteiger partial charge on any atom is 0.303 e. The standard InChI is InChI=1S/C31H57NO6/c1-2-3-4-5-6-7-8-9-10-11-12-13-14-15-16-17-18-25-32(26-19-22-29(33)34,27-20-23-30(35)36)28-21-24-31(37)38/h7-8H,2-6,9-28H2,1H3,(H2-,33,34,35,36,37,38)/b8-7+. The quantitative estimate of drug-likeness (QED) is 0.0638. The third-order valence-corrected chi connectivity index (χ3v) is 7.45. The van der Waals surface area contributed by atoms with Crippen LogP contribution in [0.25, 0.3) is 0 Å². The molecule has 0 aliphatic rings. The van der Waals surface area contributed by atoms with Crippen molar-refractivity contribution < 1.29 is 34.2 Å². The van der Waals surface area contributed by atoms with Crippen molar-refractivity contribution in [2.75, 3.05) is 26.2 Å². The molecule has 7 nitrogen and oxygen atoms in total. The smallest absolute Gasteiger partial charge is 0.303 e. The maximum atomic E-state index is 11.0. The van der Waals surface area contributed by atoms with Gasteiger partial charge < -0.3 is 24.6 Å². The van der Waals surface area contributed by atoms with Crippen LogP contribution in [0.15, 0.2) is 12.2 Å². The zero-order chi connectivity index (χ0) is 28.3. The number of nitrogens with zero attached hydrogens (tertiary/aromatic N) is 1. The van der Waals surface area contributed by atoms with Gasteiger partial charge in [-0.25, -0.2) is 0 Å². The lowest BCUT2D eigenvalue weighted by molar-refractivity contribution is -0.929. The van der Waals surface area contributed by atoms with Gasteiger partial charge in [-0.05, 0) is 44.9 Å². The minimum Gasteiger partial charge on any atom is -0.550 e. The number of allylic oxidation sites excluding steroid dienone is 2. The molecular weight excluding hydrogens is 482 g/mol. The first kappa shape index (κ1) is 36.1. The van der Waals surface area contributed by atoms with Crippen LogP contribution in [0.3, 0.4) is 0 Å². The fourth-order valence-corrected chi connectivity index (χ4v) is 5.23. The Hall–Kier alpha value is -1.89. The van der Waals surface area contributed by atoms with Gasteiger partial charge in [-0.15, -0.1) is 0 Å². The molecule has 0 saturated carbocycles. The lowest BCUT2D eigenvalue weighted by Gasteiger charge is -2.39. The second-order valence-electron chi connectivity index (χ2n) is 11.0. The summed E-state index contributed by atoms with van der Waals surface area (Å²) >= 11 is 0. The van der Waals surface area contributed by atoms with E-state index in [2.05, 4.69) is 19.1 Å². The van der Waals surface area contributed by atoms with Crippen LogP contribution < -0.4 is 5.11 Å². The predicted molar refractivity (Wildman–Crippen MR) is 152 cm³/mol. The molecular formula is C31H57NO6. The van der Waals surface area contributed by atoms with Crippen molar-refractivity contribution in [3.8, 4) is 0 Å². The van der Waals surface area contributed by atoms with Crippen molar-refractivity contribution in [3.63, 3.8) is 0 Å². The summed E-state index contributed by atoms with van der Waals surface area (Å²) in [7, 11) is 0. The molecule has 0 unspecified atom stereocenters. The minimum absolute atomic E-state index is 0.0206. The zero-order valence-electron chi connectivity index (χ0n) is 24.3. The average Bonchev–Trinajstić information content (AvgIpc) is 2.85. The predicted octanol–water partition coefficient (Wildman–Crippen LogP) is 6.49. The fraction of sp³-hybridized carbons (Fsp3) is 0.839. The largest absolute Gasteiger partial charge is 0.550 e. The molecule has 0 spiro atoms. The molecule has 0 aromatic rings. The highest BCUT2D eigenvalue weighted by molar-refractivity contribution is 5.66. The molecule has 0 aliphatic carbocycles. The molecule has 0 aliphatic heterocycles. The topological polar surface area (TPSA) is 115 Å². The molecule has 0 atom stereocenters. The SMILES string of the molecule is CCCCCC/C=C/CCCCCCCCCCC[N+](CCCC(=O)[O-])(CCCC(=O)O)CCCC(=O)O. The molecule has 0 rings (SSSR count). The Morgan fingerprint density at radius 3 is 1.34 bits per heavy atom. The van der Waals surface area contributed by atoms with Crippen molar-refractivity contribution in [3.05, 3.63) is 12.2 Å². The second-order valence-corrected chi connectivity index (χ2v) is 11.0. The van der Waals surface area contributed by atoms with E-state index in [0.29, 0.717) is 43.4 Å². The number of carboxylic acids is 3. The second kappa shape index (κ2) is 25.4.